The van der Waals surface area contributed by atoms with Gasteiger partial charge in [0.2, 0.25) is 11.8 Å². The van der Waals surface area contributed by atoms with Gasteiger partial charge in [0.05, 0.1) is 0 Å². The first-order valence-electron chi connectivity index (χ1n) is 5.64. The van der Waals surface area contributed by atoms with E-state index >= 15 is 0 Å². The molecule has 1 N–H and O–H groups in total. The minimum absolute atomic E-state index is 0.0250. The van der Waals surface area contributed by atoms with E-state index in [4.69, 9.17) is 9.52 Å². The number of unbranched alkanes of at least 4 members (excludes halogenated alkanes) is 1. The standard InChI is InChI=1S/C11H18N2O3/c1-3-4-5-9-12-13-10(16-9)6-8(2)7-11(14)15/h8H,3-7H2,1-2H3,(H,14,15). The van der Waals surface area contributed by atoms with Crippen LogP contribution in [-0.4, -0.2) is 21.3 Å². The zero-order valence-corrected chi connectivity index (χ0v) is 9.77. The van der Waals surface area contributed by atoms with Crippen molar-refractivity contribution < 1.29 is 14.3 Å². The molecular formula is C11H18N2O3. The predicted octanol–water partition coefficient (Wildman–Crippen LogP) is 2.07. The molecule has 0 amide bonds. The van der Waals surface area contributed by atoms with Crippen molar-refractivity contribution in [3.63, 3.8) is 0 Å². The van der Waals surface area contributed by atoms with E-state index in [9.17, 15) is 4.79 Å². The molecule has 1 heterocycles. The third-order valence-corrected chi connectivity index (χ3v) is 2.30. The SMILES string of the molecule is CCCCc1nnc(CC(C)CC(=O)O)o1. The van der Waals surface area contributed by atoms with Crippen LogP contribution < -0.4 is 0 Å². The average molecular weight is 226 g/mol. The highest BCUT2D eigenvalue weighted by Crippen LogP contribution is 2.12. The lowest BCUT2D eigenvalue weighted by Gasteiger charge is -2.03. The molecular weight excluding hydrogens is 208 g/mol. The molecule has 0 saturated carbocycles. The van der Waals surface area contributed by atoms with Crippen LogP contribution in [0.4, 0.5) is 0 Å². The Kier molecular flexibility index (Phi) is 4.95. The lowest BCUT2D eigenvalue weighted by atomic mass is 10.0. The molecule has 0 aliphatic carbocycles. The number of hydrogen-bond donors (Lipinski definition) is 1. The monoisotopic (exact) mass is 226 g/mol. The van der Waals surface area contributed by atoms with E-state index in [1.165, 1.54) is 0 Å². The molecule has 90 valence electrons. The average Bonchev–Trinajstić information content (AvgIpc) is 2.61. The first-order chi connectivity index (χ1) is 7.61. The van der Waals surface area contributed by atoms with Crippen LogP contribution >= 0.6 is 0 Å². The van der Waals surface area contributed by atoms with Crippen LogP contribution in [0.2, 0.25) is 0 Å². The van der Waals surface area contributed by atoms with Crippen LogP contribution in [0.25, 0.3) is 0 Å². The van der Waals surface area contributed by atoms with Crippen molar-refractivity contribution in [1.29, 1.82) is 0 Å². The van der Waals surface area contributed by atoms with E-state index in [2.05, 4.69) is 17.1 Å². The molecule has 1 aromatic rings. The van der Waals surface area contributed by atoms with E-state index < -0.39 is 5.97 Å². The Morgan fingerprint density at radius 3 is 2.75 bits per heavy atom. The zero-order chi connectivity index (χ0) is 12.0. The van der Waals surface area contributed by atoms with Crippen molar-refractivity contribution in [1.82, 2.24) is 10.2 Å². The highest BCUT2D eigenvalue weighted by Gasteiger charge is 2.13. The number of carboxylic acids is 1. The summed E-state index contributed by atoms with van der Waals surface area (Å²) in [5.41, 5.74) is 0. The highest BCUT2D eigenvalue weighted by atomic mass is 16.4. The number of nitrogens with zero attached hydrogens (tertiary/aromatic N) is 2. The molecule has 0 bridgehead atoms. The maximum Gasteiger partial charge on any atom is 0.303 e. The minimum Gasteiger partial charge on any atom is -0.481 e. The van der Waals surface area contributed by atoms with Crippen LogP contribution in [0, 0.1) is 5.92 Å². The molecule has 0 saturated heterocycles. The Bertz CT molecular complexity index is 336. The van der Waals surface area contributed by atoms with Gasteiger partial charge in [-0.15, -0.1) is 10.2 Å². The van der Waals surface area contributed by atoms with Crippen LogP contribution in [0.3, 0.4) is 0 Å². The molecule has 0 aliphatic heterocycles. The van der Waals surface area contributed by atoms with Crippen molar-refractivity contribution in [2.24, 2.45) is 5.92 Å². The summed E-state index contributed by atoms with van der Waals surface area (Å²) in [4.78, 5) is 10.5. The van der Waals surface area contributed by atoms with E-state index in [-0.39, 0.29) is 12.3 Å². The molecule has 16 heavy (non-hydrogen) atoms. The highest BCUT2D eigenvalue weighted by molar-refractivity contribution is 5.66. The molecule has 1 atom stereocenters. The number of aryl methyl sites for hydroxylation is 1. The van der Waals surface area contributed by atoms with Gasteiger partial charge in [0.25, 0.3) is 0 Å². The Balaban J connectivity index is 2.42. The van der Waals surface area contributed by atoms with Crippen molar-refractivity contribution in [2.75, 3.05) is 0 Å². The number of carbonyl (C=O) groups is 1. The summed E-state index contributed by atoms with van der Waals surface area (Å²) in [5.74, 6) is 0.425. The maximum atomic E-state index is 10.5. The van der Waals surface area contributed by atoms with Gasteiger partial charge in [-0.1, -0.05) is 20.3 Å². The summed E-state index contributed by atoms with van der Waals surface area (Å²) in [7, 11) is 0. The summed E-state index contributed by atoms with van der Waals surface area (Å²) in [6.45, 7) is 3.97. The molecule has 0 aliphatic rings. The normalized spacial score (nSPS) is 12.6. The lowest BCUT2D eigenvalue weighted by Crippen LogP contribution is -2.07. The van der Waals surface area contributed by atoms with Crippen molar-refractivity contribution in [3.05, 3.63) is 11.8 Å². The van der Waals surface area contributed by atoms with Crippen LogP contribution in [0.5, 0.6) is 0 Å². The fourth-order valence-electron chi connectivity index (χ4n) is 1.47. The molecule has 5 heteroatoms. The van der Waals surface area contributed by atoms with Gasteiger partial charge in [-0.25, -0.2) is 0 Å². The molecule has 0 spiro atoms. The second-order valence-corrected chi connectivity index (χ2v) is 4.10. The number of rotatable bonds is 7. The van der Waals surface area contributed by atoms with Crippen LogP contribution in [-0.2, 0) is 17.6 Å². The smallest absolute Gasteiger partial charge is 0.303 e. The Labute approximate surface area is 94.9 Å². The predicted molar refractivity (Wildman–Crippen MR) is 58.0 cm³/mol. The lowest BCUT2D eigenvalue weighted by molar-refractivity contribution is -0.137. The third kappa shape index (κ3) is 4.42. The second-order valence-electron chi connectivity index (χ2n) is 4.10. The Hall–Kier alpha value is -1.39. The molecule has 5 nitrogen and oxygen atoms in total. The molecule has 0 radical (unpaired) electrons. The van der Waals surface area contributed by atoms with Crippen molar-refractivity contribution in [2.45, 2.75) is 46.0 Å². The molecule has 0 aromatic carbocycles. The van der Waals surface area contributed by atoms with E-state index in [1.54, 1.807) is 0 Å². The van der Waals surface area contributed by atoms with Crippen LogP contribution in [0.15, 0.2) is 4.42 Å². The second kappa shape index (κ2) is 6.25. The van der Waals surface area contributed by atoms with E-state index in [0.717, 1.165) is 19.3 Å². The number of aromatic nitrogens is 2. The van der Waals surface area contributed by atoms with Gasteiger partial charge in [-0.05, 0) is 12.3 Å². The van der Waals surface area contributed by atoms with Gasteiger partial charge in [0.15, 0.2) is 0 Å². The van der Waals surface area contributed by atoms with Crippen LogP contribution in [0.1, 0.15) is 44.9 Å². The Morgan fingerprint density at radius 1 is 1.44 bits per heavy atom. The summed E-state index contributed by atoms with van der Waals surface area (Å²) in [6, 6.07) is 0. The fourth-order valence-corrected chi connectivity index (χ4v) is 1.47. The minimum atomic E-state index is -0.793. The molecule has 0 fully saturated rings. The molecule has 1 aromatic heterocycles. The molecule has 1 rings (SSSR count). The zero-order valence-electron chi connectivity index (χ0n) is 9.77. The number of hydrogen-bond acceptors (Lipinski definition) is 4. The van der Waals surface area contributed by atoms with Gasteiger partial charge in [-0.3, -0.25) is 4.79 Å². The van der Waals surface area contributed by atoms with E-state index in [1.807, 2.05) is 6.92 Å². The van der Waals surface area contributed by atoms with Gasteiger partial charge in [0, 0.05) is 19.3 Å². The summed E-state index contributed by atoms with van der Waals surface area (Å²) in [5, 5.41) is 16.4. The van der Waals surface area contributed by atoms with E-state index in [0.29, 0.717) is 18.2 Å². The fraction of sp³-hybridized carbons (Fsp3) is 0.727. The van der Waals surface area contributed by atoms with Gasteiger partial charge >= 0.3 is 5.97 Å². The van der Waals surface area contributed by atoms with Gasteiger partial charge in [0.1, 0.15) is 0 Å². The third-order valence-electron chi connectivity index (χ3n) is 2.30. The first-order valence-corrected chi connectivity index (χ1v) is 5.64. The summed E-state index contributed by atoms with van der Waals surface area (Å²) < 4.78 is 5.42. The summed E-state index contributed by atoms with van der Waals surface area (Å²) >= 11 is 0. The topological polar surface area (TPSA) is 76.2 Å². The maximum absolute atomic E-state index is 10.5. The van der Waals surface area contributed by atoms with Gasteiger partial charge in [-0.2, -0.15) is 0 Å². The molecule has 1 unspecified atom stereocenters. The largest absolute Gasteiger partial charge is 0.481 e. The quantitative estimate of drug-likeness (QED) is 0.770. The van der Waals surface area contributed by atoms with Gasteiger partial charge < -0.3 is 9.52 Å². The number of carboxylic acid groups (broad SMARTS) is 1. The summed E-state index contributed by atoms with van der Waals surface area (Å²) in [6.07, 6.45) is 3.59. The Morgan fingerprint density at radius 2 is 2.12 bits per heavy atom. The van der Waals surface area contributed by atoms with Crippen molar-refractivity contribution in [3.8, 4) is 0 Å². The number of aliphatic carboxylic acids is 1. The first kappa shape index (κ1) is 12.7. The van der Waals surface area contributed by atoms with Crippen molar-refractivity contribution >= 4 is 5.97 Å².